The van der Waals surface area contributed by atoms with Crippen molar-refractivity contribution in [1.82, 2.24) is 4.90 Å². The maximum atomic E-state index is 12.7. The molecule has 0 atom stereocenters. The van der Waals surface area contributed by atoms with Crippen LogP contribution in [0.5, 0.6) is 5.75 Å². The molecular weight excluding hydrogens is 418 g/mol. The molecule has 4 rings (SSSR count). The second-order valence-electron chi connectivity index (χ2n) is 6.74. The van der Waals surface area contributed by atoms with E-state index in [1.54, 1.807) is 6.08 Å². The molecule has 0 unspecified atom stereocenters. The van der Waals surface area contributed by atoms with Gasteiger partial charge in [0.2, 0.25) is 0 Å². The number of ether oxygens (including phenoxy) is 1. The molecule has 150 valence electrons. The zero-order valence-electron chi connectivity index (χ0n) is 16.0. The highest BCUT2D eigenvalue weighted by Gasteiger charge is 2.34. The SMILES string of the molecule is O=C1S/C(=C/c2cccc(OCc3ccc(Cl)cc3)c2)C(=O)N1Cc1ccccc1. The number of imide groups is 1. The lowest BCUT2D eigenvalue weighted by Crippen LogP contribution is -2.27. The Morgan fingerprint density at radius 3 is 2.43 bits per heavy atom. The van der Waals surface area contributed by atoms with Gasteiger partial charge in [0.1, 0.15) is 12.4 Å². The molecule has 0 radical (unpaired) electrons. The quantitative estimate of drug-likeness (QED) is 0.435. The summed E-state index contributed by atoms with van der Waals surface area (Å²) < 4.78 is 5.84. The minimum atomic E-state index is -0.277. The fourth-order valence-corrected chi connectivity index (χ4v) is 3.96. The molecule has 4 nitrogen and oxygen atoms in total. The lowest BCUT2D eigenvalue weighted by atomic mass is 10.2. The van der Waals surface area contributed by atoms with Crippen LogP contribution in [0.25, 0.3) is 6.08 Å². The van der Waals surface area contributed by atoms with Crippen LogP contribution in [-0.2, 0) is 17.9 Å². The Morgan fingerprint density at radius 1 is 0.900 bits per heavy atom. The molecule has 0 spiro atoms. The predicted octanol–water partition coefficient (Wildman–Crippen LogP) is 6.16. The number of thioether (sulfide) groups is 1. The lowest BCUT2D eigenvalue weighted by Gasteiger charge is -2.12. The Hall–Kier alpha value is -3.02. The summed E-state index contributed by atoms with van der Waals surface area (Å²) in [4.78, 5) is 26.7. The van der Waals surface area contributed by atoms with Crippen molar-refractivity contribution in [3.05, 3.63) is 105 Å². The van der Waals surface area contributed by atoms with Crippen LogP contribution in [-0.4, -0.2) is 16.0 Å². The number of carbonyl (C=O) groups is 2. The van der Waals surface area contributed by atoms with Gasteiger partial charge in [0.05, 0.1) is 11.4 Å². The highest BCUT2D eigenvalue weighted by molar-refractivity contribution is 8.18. The van der Waals surface area contributed by atoms with Gasteiger partial charge in [-0.25, -0.2) is 0 Å². The summed E-state index contributed by atoms with van der Waals surface area (Å²) in [5, 5.41) is 0.423. The molecule has 2 amide bonds. The Kier molecular flexibility index (Phi) is 6.21. The van der Waals surface area contributed by atoms with Crippen molar-refractivity contribution < 1.29 is 14.3 Å². The molecule has 3 aromatic rings. The van der Waals surface area contributed by atoms with Crippen LogP contribution in [0, 0.1) is 0 Å². The third-order valence-electron chi connectivity index (χ3n) is 4.53. The fraction of sp³-hybridized carbons (Fsp3) is 0.0833. The number of benzene rings is 3. The van der Waals surface area contributed by atoms with Gasteiger partial charge in [-0.05, 0) is 58.8 Å². The van der Waals surface area contributed by atoms with Crippen LogP contribution < -0.4 is 4.74 Å². The highest BCUT2D eigenvalue weighted by atomic mass is 35.5. The Labute approximate surface area is 184 Å². The molecule has 6 heteroatoms. The van der Waals surface area contributed by atoms with Gasteiger partial charge in [0.15, 0.2) is 0 Å². The van der Waals surface area contributed by atoms with Gasteiger partial charge in [-0.1, -0.05) is 66.2 Å². The summed E-state index contributed by atoms with van der Waals surface area (Å²) in [5.74, 6) is 0.406. The zero-order valence-corrected chi connectivity index (χ0v) is 17.5. The van der Waals surface area contributed by atoms with Crippen LogP contribution in [0.2, 0.25) is 5.02 Å². The largest absolute Gasteiger partial charge is 0.489 e. The first-order valence-corrected chi connectivity index (χ1v) is 10.5. The topological polar surface area (TPSA) is 46.6 Å². The molecule has 30 heavy (non-hydrogen) atoms. The third-order valence-corrected chi connectivity index (χ3v) is 5.69. The van der Waals surface area contributed by atoms with Gasteiger partial charge in [-0.3, -0.25) is 14.5 Å². The molecule has 1 heterocycles. The average molecular weight is 436 g/mol. The Morgan fingerprint density at radius 2 is 1.67 bits per heavy atom. The highest BCUT2D eigenvalue weighted by Crippen LogP contribution is 2.33. The maximum absolute atomic E-state index is 12.7. The average Bonchev–Trinajstić information content (AvgIpc) is 3.02. The summed E-state index contributed by atoms with van der Waals surface area (Å²) in [5.41, 5.74) is 2.72. The molecule has 1 fully saturated rings. The van der Waals surface area contributed by atoms with E-state index in [0.29, 0.717) is 22.3 Å². The molecule has 0 N–H and O–H groups in total. The van der Waals surface area contributed by atoms with Crippen LogP contribution in [0.15, 0.2) is 83.8 Å². The van der Waals surface area contributed by atoms with Gasteiger partial charge in [-0.2, -0.15) is 0 Å². The molecule has 1 saturated heterocycles. The summed E-state index contributed by atoms with van der Waals surface area (Å²) in [6.45, 7) is 0.682. The Balaban J connectivity index is 1.45. The van der Waals surface area contributed by atoms with E-state index in [2.05, 4.69) is 0 Å². The van der Waals surface area contributed by atoms with Crippen molar-refractivity contribution in [3.8, 4) is 5.75 Å². The predicted molar refractivity (Wildman–Crippen MR) is 120 cm³/mol. The van der Waals surface area contributed by atoms with Crippen molar-refractivity contribution in [3.63, 3.8) is 0 Å². The van der Waals surface area contributed by atoms with Gasteiger partial charge >= 0.3 is 0 Å². The van der Waals surface area contributed by atoms with Crippen LogP contribution in [0.4, 0.5) is 4.79 Å². The van der Waals surface area contributed by atoms with E-state index in [0.717, 1.165) is 28.5 Å². The van der Waals surface area contributed by atoms with E-state index in [4.69, 9.17) is 16.3 Å². The number of hydrogen-bond donors (Lipinski definition) is 0. The van der Waals surface area contributed by atoms with E-state index < -0.39 is 0 Å². The number of halogens is 1. The van der Waals surface area contributed by atoms with Crippen LogP contribution in [0.3, 0.4) is 0 Å². The molecule has 0 saturated carbocycles. The van der Waals surface area contributed by atoms with Crippen LogP contribution >= 0.6 is 23.4 Å². The van der Waals surface area contributed by atoms with E-state index >= 15 is 0 Å². The third kappa shape index (κ3) is 4.93. The molecule has 0 bridgehead atoms. The number of nitrogens with zero attached hydrogens (tertiary/aromatic N) is 1. The Bertz CT molecular complexity index is 1100. The standard InChI is InChI=1S/C24H18ClNO3S/c25-20-11-9-18(10-12-20)16-29-21-8-4-7-19(13-21)14-22-23(27)26(24(28)30-22)15-17-5-2-1-3-6-17/h1-14H,15-16H2/b22-14+. The van der Waals surface area contributed by atoms with Crippen molar-refractivity contribution in [2.24, 2.45) is 0 Å². The molecule has 1 aliphatic rings. The minimum Gasteiger partial charge on any atom is -0.489 e. The van der Waals surface area contributed by atoms with Gasteiger partial charge in [0, 0.05) is 5.02 Å². The van der Waals surface area contributed by atoms with E-state index in [1.807, 2.05) is 78.9 Å². The van der Waals surface area contributed by atoms with Gasteiger partial charge < -0.3 is 4.74 Å². The number of carbonyl (C=O) groups excluding carboxylic acids is 2. The molecule has 0 aromatic heterocycles. The van der Waals surface area contributed by atoms with Crippen molar-refractivity contribution in [1.29, 1.82) is 0 Å². The van der Waals surface area contributed by atoms with Gasteiger partial charge in [0.25, 0.3) is 11.1 Å². The first-order chi connectivity index (χ1) is 14.6. The van der Waals surface area contributed by atoms with Crippen molar-refractivity contribution in [2.75, 3.05) is 0 Å². The van der Waals surface area contributed by atoms with Crippen molar-refractivity contribution in [2.45, 2.75) is 13.2 Å². The monoisotopic (exact) mass is 435 g/mol. The van der Waals surface area contributed by atoms with Crippen molar-refractivity contribution >= 4 is 40.6 Å². The summed E-state index contributed by atoms with van der Waals surface area (Å²) in [7, 11) is 0. The molecule has 1 aliphatic heterocycles. The first-order valence-electron chi connectivity index (χ1n) is 9.35. The van der Waals surface area contributed by atoms with E-state index in [9.17, 15) is 9.59 Å². The lowest BCUT2D eigenvalue weighted by molar-refractivity contribution is -0.123. The fourth-order valence-electron chi connectivity index (χ4n) is 3.00. The van der Waals surface area contributed by atoms with E-state index in [1.165, 1.54) is 4.90 Å². The maximum Gasteiger partial charge on any atom is 0.293 e. The van der Waals surface area contributed by atoms with E-state index in [-0.39, 0.29) is 17.7 Å². The summed E-state index contributed by atoms with van der Waals surface area (Å²) in [6, 6.07) is 24.4. The smallest absolute Gasteiger partial charge is 0.293 e. The molecule has 0 aliphatic carbocycles. The minimum absolute atomic E-state index is 0.259. The van der Waals surface area contributed by atoms with Gasteiger partial charge in [-0.15, -0.1) is 0 Å². The number of hydrogen-bond acceptors (Lipinski definition) is 4. The first kappa shape index (κ1) is 20.3. The normalized spacial score (nSPS) is 15.1. The summed E-state index contributed by atoms with van der Waals surface area (Å²) >= 11 is 6.86. The zero-order chi connectivity index (χ0) is 20.9. The second-order valence-corrected chi connectivity index (χ2v) is 8.17. The second kappa shape index (κ2) is 9.20. The number of amides is 2. The summed E-state index contributed by atoms with van der Waals surface area (Å²) in [6.07, 6.45) is 1.73. The molecular formula is C24H18ClNO3S. The molecule has 3 aromatic carbocycles. The number of rotatable bonds is 6. The van der Waals surface area contributed by atoms with Crippen LogP contribution in [0.1, 0.15) is 16.7 Å².